The van der Waals surface area contributed by atoms with Crippen LogP contribution in [0.2, 0.25) is 0 Å². The number of hydrogen-bond acceptors (Lipinski definition) is 2. The number of nitrogens with zero attached hydrogens (tertiary/aromatic N) is 1. The van der Waals surface area contributed by atoms with Crippen LogP contribution in [0.25, 0.3) is 0 Å². The van der Waals surface area contributed by atoms with E-state index in [-0.39, 0.29) is 18.1 Å². The number of piperidine rings is 1. The molecule has 3 heteroatoms. The molecule has 80 valence electrons. The minimum Gasteiger partial charge on any atom is -0.342 e. The van der Waals surface area contributed by atoms with Gasteiger partial charge in [-0.2, -0.15) is 0 Å². The monoisotopic (exact) mass is 197 g/mol. The lowest BCUT2D eigenvalue weighted by Crippen LogP contribution is -2.39. The van der Waals surface area contributed by atoms with Crippen molar-refractivity contribution in [1.29, 1.82) is 0 Å². The third-order valence-corrected chi connectivity index (χ3v) is 2.57. The van der Waals surface area contributed by atoms with E-state index in [1.807, 2.05) is 4.90 Å². The van der Waals surface area contributed by atoms with E-state index >= 15 is 0 Å². The highest BCUT2D eigenvalue weighted by Crippen LogP contribution is 2.10. The first-order valence-electron chi connectivity index (χ1n) is 5.39. The normalized spacial score (nSPS) is 18.1. The average Bonchev–Trinajstić information content (AvgIpc) is 2.08. The van der Waals surface area contributed by atoms with Gasteiger partial charge in [0.1, 0.15) is 5.78 Å². The Morgan fingerprint density at radius 1 is 1.36 bits per heavy atom. The number of hydrogen-bond donors (Lipinski definition) is 0. The highest BCUT2D eigenvalue weighted by molar-refractivity contribution is 6.00. The van der Waals surface area contributed by atoms with Gasteiger partial charge in [0.2, 0.25) is 5.91 Å². The van der Waals surface area contributed by atoms with E-state index in [0.29, 0.717) is 18.9 Å². The van der Waals surface area contributed by atoms with E-state index in [0.717, 1.165) is 19.4 Å². The van der Waals surface area contributed by atoms with Crippen LogP contribution in [0.15, 0.2) is 0 Å². The summed E-state index contributed by atoms with van der Waals surface area (Å²) in [7, 11) is 0. The maximum atomic E-state index is 11.4. The summed E-state index contributed by atoms with van der Waals surface area (Å²) in [4.78, 5) is 24.2. The maximum Gasteiger partial charge on any atom is 0.230 e. The lowest BCUT2D eigenvalue weighted by Gasteiger charge is -2.26. The molecule has 0 N–H and O–H groups in total. The molecule has 0 unspecified atom stereocenters. The Morgan fingerprint density at radius 2 is 2.07 bits per heavy atom. The zero-order valence-corrected chi connectivity index (χ0v) is 9.08. The molecule has 1 heterocycles. The third-order valence-electron chi connectivity index (χ3n) is 2.57. The molecule has 0 aromatic heterocycles. The van der Waals surface area contributed by atoms with E-state index in [9.17, 15) is 9.59 Å². The van der Waals surface area contributed by atoms with Crippen LogP contribution in [0, 0.1) is 5.92 Å². The first-order valence-corrected chi connectivity index (χ1v) is 5.39. The minimum absolute atomic E-state index is 0.0185. The number of ketones is 1. The molecule has 1 aliphatic rings. The van der Waals surface area contributed by atoms with Gasteiger partial charge >= 0.3 is 0 Å². The standard InChI is InChI=1S/C11H19NO2/c1-9(2)4-3-6-12-7-5-10(13)8-11(12)14/h9H,3-8H2,1-2H3. The number of carbonyl (C=O) groups excluding carboxylic acids is 2. The van der Waals surface area contributed by atoms with E-state index in [2.05, 4.69) is 13.8 Å². The molecule has 1 saturated heterocycles. The predicted octanol–water partition coefficient (Wildman–Crippen LogP) is 1.61. The number of Topliss-reactive ketones (excluding diaryl/α,β-unsaturated/α-hetero) is 1. The van der Waals surface area contributed by atoms with Gasteiger partial charge < -0.3 is 4.90 Å². The number of rotatable bonds is 4. The molecule has 1 fully saturated rings. The molecule has 1 aliphatic heterocycles. The Morgan fingerprint density at radius 3 is 2.64 bits per heavy atom. The van der Waals surface area contributed by atoms with E-state index in [4.69, 9.17) is 0 Å². The number of likely N-dealkylation sites (tertiary alicyclic amines) is 1. The van der Waals surface area contributed by atoms with Crippen molar-refractivity contribution in [2.45, 2.75) is 39.5 Å². The fraction of sp³-hybridized carbons (Fsp3) is 0.818. The van der Waals surface area contributed by atoms with Gasteiger partial charge in [0.05, 0.1) is 6.42 Å². The Hall–Kier alpha value is -0.860. The molecule has 0 bridgehead atoms. The Kier molecular flexibility index (Phi) is 4.11. The molecule has 1 rings (SSSR count). The molecule has 0 aromatic carbocycles. The summed E-state index contributed by atoms with van der Waals surface area (Å²) in [6.07, 6.45) is 2.88. The number of carbonyl (C=O) groups is 2. The van der Waals surface area contributed by atoms with Gasteiger partial charge in [-0.3, -0.25) is 9.59 Å². The van der Waals surface area contributed by atoms with Crippen LogP contribution in [0.4, 0.5) is 0 Å². The molecule has 0 spiro atoms. The third kappa shape index (κ3) is 3.48. The van der Waals surface area contributed by atoms with Crippen molar-refractivity contribution >= 4 is 11.7 Å². The number of amides is 1. The van der Waals surface area contributed by atoms with Crippen LogP contribution < -0.4 is 0 Å². The van der Waals surface area contributed by atoms with Crippen LogP contribution in [0.3, 0.4) is 0 Å². The van der Waals surface area contributed by atoms with Crippen molar-refractivity contribution in [3.05, 3.63) is 0 Å². The quantitative estimate of drug-likeness (QED) is 0.642. The lowest BCUT2D eigenvalue weighted by molar-refractivity contribution is -0.139. The van der Waals surface area contributed by atoms with Gasteiger partial charge in [-0.15, -0.1) is 0 Å². The molecule has 0 aromatic rings. The highest BCUT2D eigenvalue weighted by Gasteiger charge is 2.22. The predicted molar refractivity (Wildman–Crippen MR) is 54.9 cm³/mol. The maximum absolute atomic E-state index is 11.4. The second kappa shape index (κ2) is 5.13. The highest BCUT2D eigenvalue weighted by atomic mass is 16.2. The van der Waals surface area contributed by atoms with Crippen LogP contribution in [-0.4, -0.2) is 29.7 Å². The van der Waals surface area contributed by atoms with Gasteiger partial charge in [0, 0.05) is 19.5 Å². The zero-order chi connectivity index (χ0) is 10.6. The minimum atomic E-state index is 0.0185. The molecule has 0 atom stereocenters. The first-order chi connectivity index (χ1) is 6.59. The van der Waals surface area contributed by atoms with E-state index < -0.39 is 0 Å². The summed E-state index contributed by atoms with van der Waals surface area (Å²) in [6, 6.07) is 0. The summed E-state index contributed by atoms with van der Waals surface area (Å²) >= 11 is 0. The molecule has 14 heavy (non-hydrogen) atoms. The summed E-state index contributed by atoms with van der Waals surface area (Å²) in [5.74, 6) is 0.802. The van der Waals surface area contributed by atoms with Crippen molar-refractivity contribution in [1.82, 2.24) is 4.90 Å². The molecule has 0 saturated carbocycles. The van der Waals surface area contributed by atoms with Crippen molar-refractivity contribution in [3.8, 4) is 0 Å². The average molecular weight is 197 g/mol. The molecular formula is C11H19NO2. The van der Waals surface area contributed by atoms with Crippen LogP contribution in [-0.2, 0) is 9.59 Å². The lowest BCUT2D eigenvalue weighted by atomic mass is 10.1. The van der Waals surface area contributed by atoms with E-state index in [1.165, 1.54) is 0 Å². The van der Waals surface area contributed by atoms with Gasteiger partial charge in [0.25, 0.3) is 0 Å². The zero-order valence-electron chi connectivity index (χ0n) is 9.08. The van der Waals surface area contributed by atoms with Crippen LogP contribution >= 0.6 is 0 Å². The van der Waals surface area contributed by atoms with Crippen molar-refractivity contribution < 1.29 is 9.59 Å². The smallest absolute Gasteiger partial charge is 0.230 e. The fourth-order valence-corrected chi connectivity index (χ4v) is 1.68. The van der Waals surface area contributed by atoms with Gasteiger partial charge in [-0.05, 0) is 18.8 Å². The van der Waals surface area contributed by atoms with Gasteiger partial charge in [0.15, 0.2) is 0 Å². The molecular weight excluding hydrogens is 178 g/mol. The fourth-order valence-electron chi connectivity index (χ4n) is 1.68. The van der Waals surface area contributed by atoms with Crippen molar-refractivity contribution in [2.75, 3.05) is 13.1 Å². The second-order valence-electron chi connectivity index (χ2n) is 4.38. The Balaban J connectivity index is 2.24. The molecule has 3 nitrogen and oxygen atoms in total. The van der Waals surface area contributed by atoms with Crippen LogP contribution in [0.5, 0.6) is 0 Å². The van der Waals surface area contributed by atoms with Gasteiger partial charge in [-0.25, -0.2) is 0 Å². The summed E-state index contributed by atoms with van der Waals surface area (Å²) in [6.45, 7) is 5.82. The summed E-state index contributed by atoms with van der Waals surface area (Å²) in [5.41, 5.74) is 0. The van der Waals surface area contributed by atoms with Crippen molar-refractivity contribution in [2.24, 2.45) is 5.92 Å². The summed E-state index contributed by atoms with van der Waals surface area (Å²) < 4.78 is 0. The topological polar surface area (TPSA) is 37.4 Å². The Labute approximate surface area is 85.5 Å². The molecule has 0 radical (unpaired) electrons. The molecule has 0 aliphatic carbocycles. The van der Waals surface area contributed by atoms with Crippen molar-refractivity contribution in [3.63, 3.8) is 0 Å². The largest absolute Gasteiger partial charge is 0.342 e. The van der Waals surface area contributed by atoms with Crippen LogP contribution in [0.1, 0.15) is 39.5 Å². The Bertz CT molecular complexity index is 223. The van der Waals surface area contributed by atoms with Gasteiger partial charge in [-0.1, -0.05) is 13.8 Å². The second-order valence-corrected chi connectivity index (χ2v) is 4.38. The summed E-state index contributed by atoms with van der Waals surface area (Å²) in [5, 5.41) is 0. The van der Waals surface area contributed by atoms with E-state index in [1.54, 1.807) is 0 Å². The SMILES string of the molecule is CC(C)CCCN1CCC(=O)CC1=O. The molecule has 1 amide bonds. The first kappa shape index (κ1) is 11.2.